The lowest BCUT2D eigenvalue weighted by atomic mass is 10.1. The number of hydrogen-bond donors (Lipinski definition) is 1. The molecule has 3 aromatic heterocycles. The van der Waals surface area contributed by atoms with E-state index in [2.05, 4.69) is 15.2 Å². The van der Waals surface area contributed by atoms with Crippen molar-refractivity contribution in [1.29, 1.82) is 0 Å². The SMILES string of the molecule is COc1ccc(-c2csc(-c3ccccn3)n2)c2sc(NC(=O)c3ccc(CN4CCCC4)cc3)nc12. The number of amides is 1. The van der Waals surface area contributed by atoms with Gasteiger partial charge in [0.25, 0.3) is 5.91 Å². The Morgan fingerprint density at radius 3 is 2.62 bits per heavy atom. The van der Waals surface area contributed by atoms with Gasteiger partial charge in [-0.15, -0.1) is 11.3 Å². The maximum Gasteiger partial charge on any atom is 0.257 e. The number of carbonyl (C=O) groups is 1. The molecule has 6 rings (SSSR count). The lowest BCUT2D eigenvalue weighted by molar-refractivity contribution is 0.102. The Hall–Kier alpha value is -3.66. The van der Waals surface area contributed by atoms with Gasteiger partial charge < -0.3 is 4.74 Å². The standard InChI is InChI=1S/C28H25N5O2S2/c1-35-23-12-11-20(22-17-36-27(30-22)21-6-2-3-13-29-21)25-24(23)31-28(37-25)32-26(34)19-9-7-18(8-10-19)16-33-14-4-5-15-33/h2-3,6-13,17H,4-5,14-16H2,1H3,(H,31,32,34). The van der Waals surface area contributed by atoms with Gasteiger partial charge in [0.05, 0.1) is 23.2 Å². The number of anilines is 1. The first-order valence-corrected chi connectivity index (χ1v) is 13.8. The van der Waals surface area contributed by atoms with Gasteiger partial charge in [-0.25, -0.2) is 9.97 Å². The molecule has 1 aliphatic heterocycles. The van der Waals surface area contributed by atoms with Crippen LogP contribution in [0, 0.1) is 0 Å². The number of nitrogens with one attached hydrogen (secondary N) is 1. The summed E-state index contributed by atoms with van der Waals surface area (Å²) in [7, 11) is 1.62. The molecule has 0 saturated carbocycles. The molecule has 2 aromatic carbocycles. The third-order valence-electron chi connectivity index (χ3n) is 6.43. The molecule has 0 aliphatic carbocycles. The summed E-state index contributed by atoms with van der Waals surface area (Å²) in [5.41, 5.74) is 5.16. The van der Waals surface area contributed by atoms with E-state index in [0.29, 0.717) is 22.0 Å². The van der Waals surface area contributed by atoms with Crippen LogP contribution < -0.4 is 10.1 Å². The Morgan fingerprint density at radius 1 is 1.03 bits per heavy atom. The highest BCUT2D eigenvalue weighted by atomic mass is 32.1. The number of thiazole rings is 2. The highest BCUT2D eigenvalue weighted by molar-refractivity contribution is 7.23. The van der Waals surface area contributed by atoms with Gasteiger partial charge in [-0.05, 0) is 67.9 Å². The average Bonchev–Trinajstić information content (AvgIpc) is 3.70. The predicted molar refractivity (Wildman–Crippen MR) is 149 cm³/mol. The number of aromatic nitrogens is 3. The van der Waals surface area contributed by atoms with Gasteiger partial charge in [0.1, 0.15) is 16.3 Å². The third-order valence-corrected chi connectivity index (χ3v) is 8.30. The van der Waals surface area contributed by atoms with Crippen LogP contribution in [0.2, 0.25) is 0 Å². The molecule has 7 nitrogen and oxygen atoms in total. The van der Waals surface area contributed by atoms with Crippen molar-refractivity contribution < 1.29 is 9.53 Å². The summed E-state index contributed by atoms with van der Waals surface area (Å²) in [4.78, 5) is 29.4. The summed E-state index contributed by atoms with van der Waals surface area (Å²) in [6, 6.07) is 17.5. The second-order valence-corrected chi connectivity index (χ2v) is 10.8. The number of methoxy groups -OCH3 is 1. The van der Waals surface area contributed by atoms with Gasteiger partial charge >= 0.3 is 0 Å². The van der Waals surface area contributed by atoms with Crippen LogP contribution in [0.15, 0.2) is 66.2 Å². The van der Waals surface area contributed by atoms with E-state index in [4.69, 9.17) is 14.7 Å². The summed E-state index contributed by atoms with van der Waals surface area (Å²) in [5.74, 6) is 0.473. The molecule has 0 bridgehead atoms. The van der Waals surface area contributed by atoms with E-state index in [1.807, 2.05) is 60.0 Å². The number of fused-ring (bicyclic) bond motifs is 1. The van der Waals surface area contributed by atoms with Gasteiger partial charge in [0, 0.05) is 29.2 Å². The summed E-state index contributed by atoms with van der Waals surface area (Å²) < 4.78 is 6.47. The molecule has 0 atom stereocenters. The molecule has 1 aliphatic rings. The van der Waals surface area contributed by atoms with Crippen LogP contribution in [0.5, 0.6) is 5.75 Å². The number of rotatable bonds is 7. The van der Waals surface area contributed by atoms with Crippen LogP contribution >= 0.6 is 22.7 Å². The minimum Gasteiger partial charge on any atom is -0.494 e. The van der Waals surface area contributed by atoms with Crippen molar-refractivity contribution in [3.63, 3.8) is 0 Å². The number of hydrogen-bond acceptors (Lipinski definition) is 8. The predicted octanol–water partition coefficient (Wildman–Crippen LogP) is 6.34. The fraction of sp³-hybridized carbons (Fsp3) is 0.214. The van der Waals surface area contributed by atoms with E-state index in [0.717, 1.165) is 46.3 Å². The van der Waals surface area contributed by atoms with Crippen LogP contribution in [-0.4, -0.2) is 46.0 Å². The summed E-state index contributed by atoms with van der Waals surface area (Å²) >= 11 is 2.97. The summed E-state index contributed by atoms with van der Waals surface area (Å²) in [6.45, 7) is 3.23. The maximum atomic E-state index is 13.0. The zero-order valence-electron chi connectivity index (χ0n) is 20.3. The Bertz CT molecular complexity index is 1540. The molecule has 1 saturated heterocycles. The molecule has 1 amide bonds. The number of likely N-dealkylation sites (tertiary alicyclic amines) is 1. The van der Waals surface area contributed by atoms with E-state index >= 15 is 0 Å². The molecule has 5 aromatic rings. The zero-order chi connectivity index (χ0) is 25.2. The molecule has 1 N–H and O–H groups in total. The molecule has 186 valence electrons. The van der Waals surface area contributed by atoms with Gasteiger partial charge in [0.2, 0.25) is 0 Å². The molecule has 0 unspecified atom stereocenters. The molecular weight excluding hydrogens is 502 g/mol. The minimum atomic E-state index is -0.182. The minimum absolute atomic E-state index is 0.182. The van der Waals surface area contributed by atoms with Gasteiger partial charge in [-0.2, -0.15) is 0 Å². The Balaban J connectivity index is 1.25. The topological polar surface area (TPSA) is 80.2 Å². The molecule has 0 spiro atoms. The van der Waals surface area contributed by atoms with Crippen LogP contribution in [-0.2, 0) is 6.54 Å². The maximum absolute atomic E-state index is 13.0. The Morgan fingerprint density at radius 2 is 1.86 bits per heavy atom. The van der Waals surface area contributed by atoms with Crippen molar-refractivity contribution in [1.82, 2.24) is 19.9 Å². The van der Waals surface area contributed by atoms with Gasteiger partial charge in [-0.3, -0.25) is 20.0 Å². The third kappa shape index (κ3) is 4.98. The fourth-order valence-corrected chi connectivity index (χ4v) is 6.33. The number of nitrogens with zero attached hydrogens (tertiary/aromatic N) is 4. The van der Waals surface area contributed by atoms with E-state index in [1.165, 1.54) is 29.7 Å². The first kappa shape index (κ1) is 23.7. The normalized spacial score (nSPS) is 13.8. The van der Waals surface area contributed by atoms with Crippen molar-refractivity contribution >= 4 is 43.9 Å². The highest BCUT2D eigenvalue weighted by Gasteiger charge is 2.19. The lowest BCUT2D eigenvalue weighted by Gasteiger charge is -2.14. The quantitative estimate of drug-likeness (QED) is 0.266. The number of carbonyl (C=O) groups excluding carboxylic acids is 1. The van der Waals surface area contributed by atoms with Crippen LogP contribution in [0.3, 0.4) is 0 Å². The molecule has 1 fully saturated rings. The largest absolute Gasteiger partial charge is 0.494 e. The molecule has 0 radical (unpaired) electrons. The van der Waals surface area contributed by atoms with Gasteiger partial charge in [-0.1, -0.05) is 29.5 Å². The Kier molecular flexibility index (Phi) is 6.65. The van der Waals surface area contributed by atoms with E-state index in [-0.39, 0.29) is 5.91 Å². The second-order valence-electron chi connectivity index (χ2n) is 8.90. The molecular formula is C28H25N5O2S2. The average molecular weight is 528 g/mol. The summed E-state index contributed by atoms with van der Waals surface area (Å²) in [5, 5.41) is 6.37. The second kappa shape index (κ2) is 10.4. The van der Waals surface area contributed by atoms with Crippen molar-refractivity contribution in [3.05, 3.63) is 77.3 Å². The number of benzene rings is 2. The zero-order valence-corrected chi connectivity index (χ0v) is 21.9. The van der Waals surface area contributed by atoms with Crippen molar-refractivity contribution in [2.45, 2.75) is 19.4 Å². The van der Waals surface area contributed by atoms with Crippen LogP contribution in [0.25, 0.3) is 32.2 Å². The lowest BCUT2D eigenvalue weighted by Crippen LogP contribution is -2.18. The number of pyridine rings is 1. The fourth-order valence-electron chi connectivity index (χ4n) is 4.54. The van der Waals surface area contributed by atoms with E-state index in [1.54, 1.807) is 24.6 Å². The smallest absolute Gasteiger partial charge is 0.257 e. The summed E-state index contributed by atoms with van der Waals surface area (Å²) in [6.07, 6.45) is 4.30. The van der Waals surface area contributed by atoms with Gasteiger partial charge in [0.15, 0.2) is 5.13 Å². The van der Waals surface area contributed by atoms with Crippen molar-refractivity contribution in [3.8, 4) is 27.7 Å². The highest BCUT2D eigenvalue weighted by Crippen LogP contribution is 2.40. The van der Waals surface area contributed by atoms with Crippen LogP contribution in [0.1, 0.15) is 28.8 Å². The van der Waals surface area contributed by atoms with E-state index in [9.17, 15) is 4.79 Å². The van der Waals surface area contributed by atoms with Crippen LogP contribution in [0.4, 0.5) is 5.13 Å². The number of ether oxygens (including phenoxy) is 1. The monoisotopic (exact) mass is 527 g/mol. The first-order valence-electron chi connectivity index (χ1n) is 12.2. The van der Waals surface area contributed by atoms with Crippen molar-refractivity contribution in [2.24, 2.45) is 0 Å². The molecule has 37 heavy (non-hydrogen) atoms. The van der Waals surface area contributed by atoms with Crippen molar-refractivity contribution in [2.75, 3.05) is 25.5 Å². The molecule has 9 heteroatoms. The molecule has 4 heterocycles. The first-order chi connectivity index (χ1) is 18.2. The Labute approximate surface area is 222 Å². The van der Waals surface area contributed by atoms with E-state index < -0.39 is 0 Å².